The molecule has 1 aliphatic heterocycles. The summed E-state index contributed by atoms with van der Waals surface area (Å²) >= 11 is 0. The van der Waals surface area contributed by atoms with E-state index in [0.29, 0.717) is 6.54 Å². The summed E-state index contributed by atoms with van der Waals surface area (Å²) in [5.41, 5.74) is 0. The fourth-order valence-electron chi connectivity index (χ4n) is 2.56. The first-order valence-electron chi connectivity index (χ1n) is 7.74. The van der Waals surface area contributed by atoms with Gasteiger partial charge in [0.2, 0.25) is 11.8 Å². The molecule has 6 heteroatoms. The summed E-state index contributed by atoms with van der Waals surface area (Å²) < 4.78 is 0. The Balaban J connectivity index is 2.53. The van der Waals surface area contributed by atoms with Crippen molar-refractivity contribution in [2.75, 3.05) is 26.2 Å². The molecule has 2 amide bonds. The van der Waals surface area contributed by atoms with Crippen molar-refractivity contribution in [1.29, 1.82) is 0 Å². The molecule has 120 valence electrons. The number of amides is 2. The van der Waals surface area contributed by atoms with E-state index in [4.69, 9.17) is 0 Å². The first-order valence-corrected chi connectivity index (χ1v) is 7.74. The molecule has 1 unspecified atom stereocenters. The second-order valence-corrected chi connectivity index (χ2v) is 5.80. The van der Waals surface area contributed by atoms with Crippen LogP contribution in [-0.4, -0.2) is 66.2 Å². The number of likely N-dealkylation sites (tertiary alicyclic amines) is 1. The molecule has 21 heavy (non-hydrogen) atoms. The van der Waals surface area contributed by atoms with Crippen LogP contribution >= 0.6 is 0 Å². The fourth-order valence-corrected chi connectivity index (χ4v) is 2.56. The van der Waals surface area contributed by atoms with Gasteiger partial charge in [-0.3, -0.25) is 14.5 Å². The molecule has 0 spiro atoms. The summed E-state index contributed by atoms with van der Waals surface area (Å²) in [6, 6.07) is -0.0984. The Morgan fingerprint density at radius 1 is 1.38 bits per heavy atom. The van der Waals surface area contributed by atoms with Gasteiger partial charge in [0.1, 0.15) is 6.29 Å². The lowest BCUT2D eigenvalue weighted by molar-refractivity contribution is -0.138. The molecule has 6 nitrogen and oxygen atoms in total. The molecule has 0 aromatic rings. The van der Waals surface area contributed by atoms with Gasteiger partial charge in [0, 0.05) is 12.6 Å². The monoisotopic (exact) mass is 297 g/mol. The zero-order valence-corrected chi connectivity index (χ0v) is 13.3. The lowest BCUT2D eigenvalue weighted by atomic mass is 10.0. The van der Waals surface area contributed by atoms with Gasteiger partial charge in [0.15, 0.2) is 0 Å². The molecule has 1 saturated heterocycles. The third kappa shape index (κ3) is 5.83. The Hall–Kier alpha value is -1.43. The summed E-state index contributed by atoms with van der Waals surface area (Å²) in [6.45, 7) is 7.18. The van der Waals surface area contributed by atoms with Crippen LogP contribution in [0.15, 0.2) is 0 Å². The normalized spacial score (nSPS) is 19.3. The number of piperidine rings is 1. The fraction of sp³-hybridized carbons (Fsp3) is 0.800. The molecule has 1 heterocycles. The second kappa shape index (κ2) is 8.77. The highest BCUT2D eigenvalue weighted by Crippen LogP contribution is 2.15. The van der Waals surface area contributed by atoms with Crippen molar-refractivity contribution in [2.24, 2.45) is 0 Å². The highest BCUT2D eigenvalue weighted by molar-refractivity contribution is 5.86. The van der Waals surface area contributed by atoms with Crippen molar-refractivity contribution < 1.29 is 14.4 Å². The van der Waals surface area contributed by atoms with Crippen LogP contribution in [0.25, 0.3) is 0 Å². The van der Waals surface area contributed by atoms with Gasteiger partial charge in [0.25, 0.3) is 0 Å². The summed E-state index contributed by atoms with van der Waals surface area (Å²) in [6.07, 6.45) is 3.78. The summed E-state index contributed by atoms with van der Waals surface area (Å²) in [5.74, 6) is -0.240. The lowest BCUT2D eigenvalue weighted by Gasteiger charge is -2.33. The molecule has 1 fully saturated rings. The lowest BCUT2D eigenvalue weighted by Crippen LogP contribution is -2.49. The number of nitrogens with zero attached hydrogens (tertiary/aromatic N) is 2. The number of carbonyl (C=O) groups excluding carboxylic acids is 3. The molecule has 1 atom stereocenters. The number of carbonyl (C=O) groups is 3. The molecule has 1 aliphatic rings. The molecular weight excluding hydrogens is 270 g/mol. The van der Waals surface area contributed by atoms with Gasteiger partial charge in [-0.05, 0) is 40.2 Å². The van der Waals surface area contributed by atoms with E-state index in [0.717, 1.165) is 32.1 Å². The van der Waals surface area contributed by atoms with E-state index >= 15 is 0 Å². The maximum Gasteiger partial charge on any atom is 0.239 e. The highest BCUT2D eigenvalue weighted by atomic mass is 16.2. The van der Waals surface area contributed by atoms with Crippen LogP contribution in [-0.2, 0) is 14.4 Å². The van der Waals surface area contributed by atoms with Crippen LogP contribution in [0.3, 0.4) is 0 Å². The van der Waals surface area contributed by atoms with Crippen molar-refractivity contribution in [3.8, 4) is 0 Å². The first kappa shape index (κ1) is 17.6. The average molecular weight is 297 g/mol. The van der Waals surface area contributed by atoms with Gasteiger partial charge in [-0.25, -0.2) is 0 Å². The van der Waals surface area contributed by atoms with Crippen LogP contribution < -0.4 is 5.32 Å². The molecule has 0 saturated carbocycles. The van der Waals surface area contributed by atoms with Gasteiger partial charge in [0.05, 0.1) is 19.1 Å². The topological polar surface area (TPSA) is 69.7 Å². The Labute approximate surface area is 126 Å². The number of hydrogen-bond donors (Lipinski definition) is 1. The minimum absolute atomic E-state index is 0.0628. The summed E-state index contributed by atoms with van der Waals surface area (Å²) in [5, 5.41) is 2.78. The third-order valence-electron chi connectivity index (χ3n) is 3.68. The number of likely N-dealkylation sites (N-methyl/N-ethyl adjacent to an activating group) is 1. The van der Waals surface area contributed by atoms with Crippen molar-refractivity contribution in [1.82, 2.24) is 15.1 Å². The zero-order valence-electron chi connectivity index (χ0n) is 13.3. The molecule has 0 aromatic carbocycles. The Morgan fingerprint density at radius 2 is 2.10 bits per heavy atom. The number of nitrogens with one attached hydrogen (secondary N) is 1. The quantitative estimate of drug-likeness (QED) is 0.691. The van der Waals surface area contributed by atoms with E-state index in [1.54, 1.807) is 0 Å². The van der Waals surface area contributed by atoms with Gasteiger partial charge >= 0.3 is 0 Å². The van der Waals surface area contributed by atoms with Crippen molar-refractivity contribution >= 4 is 18.1 Å². The van der Waals surface area contributed by atoms with E-state index in [9.17, 15) is 14.4 Å². The average Bonchev–Trinajstić information content (AvgIpc) is 2.44. The maximum absolute atomic E-state index is 12.3. The summed E-state index contributed by atoms with van der Waals surface area (Å²) in [7, 11) is 0. The van der Waals surface area contributed by atoms with Crippen LogP contribution in [0.5, 0.6) is 0 Å². The summed E-state index contributed by atoms with van der Waals surface area (Å²) in [4.78, 5) is 38.6. The van der Waals surface area contributed by atoms with E-state index in [-0.39, 0.29) is 37.0 Å². The maximum atomic E-state index is 12.3. The molecule has 0 bridgehead atoms. The van der Waals surface area contributed by atoms with Crippen molar-refractivity contribution in [3.63, 3.8) is 0 Å². The van der Waals surface area contributed by atoms with E-state index in [1.807, 2.05) is 25.7 Å². The second-order valence-electron chi connectivity index (χ2n) is 5.80. The van der Waals surface area contributed by atoms with E-state index in [1.165, 1.54) is 4.90 Å². The molecule has 0 aliphatic carbocycles. The largest absolute Gasteiger partial charge is 0.352 e. The predicted molar refractivity (Wildman–Crippen MR) is 80.8 cm³/mol. The van der Waals surface area contributed by atoms with Gasteiger partial charge in [-0.15, -0.1) is 0 Å². The Kier molecular flexibility index (Phi) is 7.36. The predicted octanol–water partition coefficient (Wildman–Crippen LogP) is 0.413. The number of rotatable bonds is 7. The Bertz CT molecular complexity index is 371. The SMILES string of the molecule is CCN(CC(=O)NC(C)C)C(=O)CN1CCCCC1C=O. The van der Waals surface area contributed by atoms with Gasteiger partial charge < -0.3 is 15.0 Å². The highest BCUT2D eigenvalue weighted by Gasteiger charge is 2.26. The molecule has 0 aromatic heterocycles. The first-order chi connectivity index (χ1) is 9.97. The number of aldehydes is 1. The zero-order chi connectivity index (χ0) is 15.8. The molecular formula is C15H27N3O3. The smallest absolute Gasteiger partial charge is 0.239 e. The van der Waals surface area contributed by atoms with Crippen LogP contribution in [0, 0.1) is 0 Å². The standard InChI is InChI=1S/C15H27N3O3/c1-4-17(9-14(20)16-12(2)3)15(21)10-18-8-6-5-7-13(18)11-19/h11-13H,4-10H2,1-3H3,(H,16,20). The molecule has 0 radical (unpaired) electrons. The number of hydrogen-bond acceptors (Lipinski definition) is 4. The van der Waals surface area contributed by atoms with E-state index < -0.39 is 0 Å². The van der Waals surface area contributed by atoms with Crippen LogP contribution in [0.4, 0.5) is 0 Å². The van der Waals surface area contributed by atoms with Gasteiger partial charge in [-0.1, -0.05) is 6.42 Å². The van der Waals surface area contributed by atoms with Crippen molar-refractivity contribution in [3.05, 3.63) is 0 Å². The third-order valence-corrected chi connectivity index (χ3v) is 3.68. The molecule has 1 rings (SSSR count). The Morgan fingerprint density at radius 3 is 2.67 bits per heavy atom. The molecule has 1 N–H and O–H groups in total. The van der Waals surface area contributed by atoms with Crippen LogP contribution in [0.1, 0.15) is 40.0 Å². The minimum atomic E-state index is -0.161. The van der Waals surface area contributed by atoms with Crippen LogP contribution in [0.2, 0.25) is 0 Å². The van der Waals surface area contributed by atoms with Crippen molar-refractivity contribution in [2.45, 2.75) is 52.1 Å². The minimum Gasteiger partial charge on any atom is -0.352 e. The van der Waals surface area contributed by atoms with E-state index in [2.05, 4.69) is 5.32 Å². The van der Waals surface area contributed by atoms with Gasteiger partial charge in [-0.2, -0.15) is 0 Å².